The minimum atomic E-state index is 0. The van der Waals surface area contributed by atoms with Crippen molar-refractivity contribution in [3.63, 3.8) is 0 Å². The van der Waals surface area contributed by atoms with E-state index in [1.54, 1.807) is 0 Å². The van der Waals surface area contributed by atoms with Crippen molar-refractivity contribution < 1.29 is 33.6 Å². The second kappa shape index (κ2) is 20.5. The van der Waals surface area contributed by atoms with Gasteiger partial charge in [0, 0.05) is 33.6 Å². The normalized spacial score (nSPS) is 7.69. The van der Waals surface area contributed by atoms with Crippen LogP contribution in [0.3, 0.4) is 0 Å². The number of hydrogen-bond donors (Lipinski definition) is 0. The van der Waals surface area contributed by atoms with E-state index >= 15 is 0 Å². The van der Waals surface area contributed by atoms with Crippen LogP contribution in [0.1, 0.15) is 0 Å². The summed E-state index contributed by atoms with van der Waals surface area (Å²) in [5.41, 5.74) is 0. The van der Waals surface area contributed by atoms with Crippen LogP contribution < -0.4 is 8.92 Å². The molecule has 4 aromatic rings. The molecule has 0 saturated heterocycles. The van der Waals surface area contributed by atoms with Crippen molar-refractivity contribution in [3.05, 3.63) is 121 Å². The van der Waals surface area contributed by atoms with Crippen LogP contribution in [0.2, 0.25) is 0 Å². The van der Waals surface area contributed by atoms with E-state index in [-0.39, 0.29) is 33.6 Å². The average Bonchev–Trinajstić information content (AvgIpc) is 3.36. The zero-order valence-corrected chi connectivity index (χ0v) is 19.5. The van der Waals surface area contributed by atoms with Gasteiger partial charge in [-0.25, -0.2) is 24.3 Å². The van der Waals surface area contributed by atoms with Crippen LogP contribution in [0.25, 0.3) is 0 Å². The molecule has 0 fully saturated rings. The topological polar surface area (TPSA) is 0 Å². The fourth-order valence-electron chi connectivity index (χ4n) is 1.48. The summed E-state index contributed by atoms with van der Waals surface area (Å²) in [6.07, 6.45) is 0. The van der Waals surface area contributed by atoms with E-state index in [0.717, 1.165) is 0 Å². The van der Waals surface area contributed by atoms with Crippen molar-refractivity contribution >= 4 is 40.9 Å². The standard InChI is InChI=1S/2C6H5Se.2C5H5.2Co/c2*7-6-4-2-1-3-5-6;2*1-2-4-5-3-1;;/h2*1-5H;2*1-5H;;/q;;2*-1;;. The summed E-state index contributed by atoms with van der Waals surface area (Å²) < 4.78 is 2.39. The van der Waals surface area contributed by atoms with Crippen molar-refractivity contribution in [2.45, 2.75) is 0 Å². The third-order valence-corrected chi connectivity index (χ3v) is 3.74. The number of hydrogen-bond acceptors (Lipinski definition) is 0. The van der Waals surface area contributed by atoms with Crippen molar-refractivity contribution in [3.8, 4) is 0 Å². The van der Waals surface area contributed by atoms with Crippen LogP contribution >= 0.6 is 0 Å². The molecule has 0 heterocycles. The van der Waals surface area contributed by atoms with Gasteiger partial charge in [-0.2, -0.15) is 36.4 Å². The molecule has 0 atom stereocenters. The van der Waals surface area contributed by atoms with E-state index in [1.807, 2.05) is 121 Å². The first kappa shape index (κ1) is 27.4. The first-order valence-electron chi connectivity index (χ1n) is 7.56. The predicted molar refractivity (Wildman–Crippen MR) is 108 cm³/mol. The molecule has 26 heavy (non-hydrogen) atoms. The summed E-state index contributed by atoms with van der Waals surface area (Å²) in [4.78, 5) is 0. The van der Waals surface area contributed by atoms with Gasteiger partial charge < -0.3 is 0 Å². The summed E-state index contributed by atoms with van der Waals surface area (Å²) in [7, 11) is 0. The van der Waals surface area contributed by atoms with Crippen LogP contribution in [0.5, 0.6) is 0 Å². The van der Waals surface area contributed by atoms with Gasteiger partial charge in [0.15, 0.2) is 0 Å². The molecule has 0 saturated carbocycles. The smallest absolute Gasteiger partial charge is 0.172 e. The Morgan fingerprint density at radius 1 is 0.423 bits per heavy atom. The van der Waals surface area contributed by atoms with Gasteiger partial charge in [0.25, 0.3) is 0 Å². The van der Waals surface area contributed by atoms with Gasteiger partial charge in [-0.15, -0.1) is 0 Å². The fraction of sp³-hybridized carbons (Fsp3) is 0. The quantitative estimate of drug-likeness (QED) is 0.227. The number of rotatable bonds is 0. The maximum Gasteiger partial charge on any atom is -0.172 e. The van der Waals surface area contributed by atoms with E-state index < -0.39 is 0 Å². The first-order chi connectivity index (χ1) is 11.8. The summed E-state index contributed by atoms with van der Waals surface area (Å²) in [5.74, 6) is 0. The zero-order valence-electron chi connectivity index (χ0n) is 14.0. The minimum Gasteiger partial charge on any atom is -0.214 e. The van der Waals surface area contributed by atoms with Crippen molar-refractivity contribution in [2.75, 3.05) is 0 Å². The SMILES string of the molecule is [Co].[Co].[Se]c1ccccc1.[Se]c1ccccc1.c1cc[cH-]c1.c1cc[cH-]c1. The van der Waals surface area contributed by atoms with Crippen LogP contribution in [-0.2, 0) is 33.6 Å². The molecule has 4 rings (SSSR count). The molecule has 0 aliphatic carbocycles. The Kier molecular flexibility index (Phi) is 21.6. The minimum absolute atomic E-state index is 0. The molecule has 140 valence electrons. The molecule has 0 unspecified atom stereocenters. The molecule has 0 aliphatic rings. The third-order valence-electron chi connectivity index (χ3n) is 2.60. The summed E-state index contributed by atoms with van der Waals surface area (Å²) >= 11 is 5.80. The van der Waals surface area contributed by atoms with Gasteiger partial charge >= 0.3 is 102 Å². The molecular weight excluding hydrogens is 540 g/mol. The van der Waals surface area contributed by atoms with Crippen LogP contribution in [-0.4, -0.2) is 32.0 Å². The molecule has 4 aromatic carbocycles. The van der Waals surface area contributed by atoms with E-state index in [9.17, 15) is 0 Å². The Bertz CT molecular complexity index is 581. The van der Waals surface area contributed by atoms with Gasteiger partial charge in [0.1, 0.15) is 0 Å². The Hall–Kier alpha value is -0.808. The maximum atomic E-state index is 2.90. The van der Waals surface area contributed by atoms with E-state index in [4.69, 9.17) is 0 Å². The molecule has 0 aliphatic heterocycles. The molecule has 4 radical (unpaired) electrons. The molecule has 0 spiro atoms. The van der Waals surface area contributed by atoms with Gasteiger partial charge in [0.05, 0.1) is 0 Å². The van der Waals surface area contributed by atoms with Gasteiger partial charge in [0.2, 0.25) is 0 Å². The van der Waals surface area contributed by atoms with Crippen molar-refractivity contribution in [1.82, 2.24) is 0 Å². The second-order valence-electron chi connectivity index (χ2n) is 4.55. The van der Waals surface area contributed by atoms with Crippen LogP contribution in [0.15, 0.2) is 121 Å². The third kappa shape index (κ3) is 18.0. The average molecular weight is 560 g/mol. The van der Waals surface area contributed by atoms with E-state index in [0.29, 0.717) is 0 Å². The molecular formula is C22H20Co2Se2-2. The van der Waals surface area contributed by atoms with Gasteiger partial charge in [-0.05, 0) is 0 Å². The Labute approximate surface area is 194 Å². The summed E-state index contributed by atoms with van der Waals surface area (Å²) in [6.45, 7) is 0. The predicted octanol–water partition coefficient (Wildman–Crippen LogP) is 3.77. The first-order valence-corrected chi connectivity index (χ1v) is 9.28. The maximum absolute atomic E-state index is 2.90. The van der Waals surface area contributed by atoms with Crippen molar-refractivity contribution in [1.29, 1.82) is 0 Å². The molecule has 4 heteroatoms. The molecule has 0 nitrogen and oxygen atoms in total. The molecule has 0 aromatic heterocycles. The van der Waals surface area contributed by atoms with Crippen LogP contribution in [0, 0.1) is 0 Å². The molecule has 0 amide bonds. The van der Waals surface area contributed by atoms with Crippen LogP contribution in [0.4, 0.5) is 0 Å². The molecule has 0 N–H and O–H groups in total. The Balaban J connectivity index is 0. The summed E-state index contributed by atoms with van der Waals surface area (Å²) in [6, 6.07) is 40.1. The molecule has 0 bridgehead atoms. The van der Waals surface area contributed by atoms with Gasteiger partial charge in [-0.3, -0.25) is 0 Å². The number of benzene rings is 2. The van der Waals surface area contributed by atoms with Gasteiger partial charge in [-0.1, -0.05) is 0 Å². The fourth-order valence-corrected chi connectivity index (χ4v) is 2.14. The van der Waals surface area contributed by atoms with E-state index in [2.05, 4.69) is 32.0 Å². The monoisotopic (exact) mass is 562 g/mol. The Morgan fingerprint density at radius 3 is 0.808 bits per heavy atom. The summed E-state index contributed by atoms with van der Waals surface area (Å²) in [5, 5.41) is 0. The Morgan fingerprint density at radius 2 is 0.692 bits per heavy atom. The zero-order chi connectivity index (χ0) is 17.3. The largest absolute Gasteiger partial charge is 0.214 e. The van der Waals surface area contributed by atoms with Crippen molar-refractivity contribution in [2.24, 2.45) is 0 Å². The second-order valence-corrected chi connectivity index (χ2v) is 6.53. The van der Waals surface area contributed by atoms with E-state index in [1.165, 1.54) is 8.92 Å².